The second kappa shape index (κ2) is 3.38. The van der Waals surface area contributed by atoms with Gasteiger partial charge in [0.25, 0.3) is 0 Å². The van der Waals surface area contributed by atoms with Gasteiger partial charge in [-0.05, 0) is 18.1 Å². The highest BCUT2D eigenvalue weighted by molar-refractivity contribution is 5.56. The quantitative estimate of drug-likeness (QED) is 0.737. The molecule has 1 atom stereocenters. The minimum Gasteiger partial charge on any atom is -0.385 e. The standard InChI is InChI=1S/C11H12N4/c1-2-4-10-8(3-1)9(5-6-12-10)11-13-7-14-15-11/h1-4,7,9,12H,5-6H2,(H,13,14,15). The van der Waals surface area contributed by atoms with Gasteiger partial charge >= 0.3 is 0 Å². The van der Waals surface area contributed by atoms with Crippen LogP contribution in [0.1, 0.15) is 23.7 Å². The molecule has 1 aliphatic rings. The largest absolute Gasteiger partial charge is 0.385 e. The minimum atomic E-state index is 0.352. The monoisotopic (exact) mass is 200 g/mol. The van der Waals surface area contributed by atoms with E-state index in [1.807, 2.05) is 0 Å². The molecule has 1 aromatic heterocycles. The van der Waals surface area contributed by atoms with E-state index in [0.717, 1.165) is 18.8 Å². The number of hydrogen-bond donors (Lipinski definition) is 2. The first-order chi connectivity index (χ1) is 7.45. The predicted molar refractivity (Wildman–Crippen MR) is 57.8 cm³/mol. The molecule has 1 unspecified atom stereocenters. The summed E-state index contributed by atoms with van der Waals surface area (Å²) in [6, 6.07) is 8.37. The summed E-state index contributed by atoms with van der Waals surface area (Å²) >= 11 is 0. The first-order valence-electron chi connectivity index (χ1n) is 5.13. The van der Waals surface area contributed by atoms with E-state index in [1.165, 1.54) is 11.3 Å². The molecule has 0 fully saturated rings. The number of para-hydroxylation sites is 1. The van der Waals surface area contributed by atoms with Gasteiger partial charge < -0.3 is 5.32 Å². The Bertz CT molecular complexity index is 449. The first kappa shape index (κ1) is 8.47. The highest BCUT2D eigenvalue weighted by Crippen LogP contribution is 2.34. The van der Waals surface area contributed by atoms with E-state index >= 15 is 0 Å². The van der Waals surface area contributed by atoms with E-state index in [2.05, 4.69) is 44.8 Å². The van der Waals surface area contributed by atoms with Gasteiger partial charge in [0.05, 0.1) is 0 Å². The number of anilines is 1. The summed E-state index contributed by atoms with van der Waals surface area (Å²) in [5.74, 6) is 1.31. The molecule has 4 heteroatoms. The van der Waals surface area contributed by atoms with Gasteiger partial charge in [-0.25, -0.2) is 4.98 Å². The summed E-state index contributed by atoms with van der Waals surface area (Å²) in [4.78, 5) is 4.24. The van der Waals surface area contributed by atoms with Gasteiger partial charge in [-0.3, -0.25) is 5.10 Å². The molecular formula is C11H12N4. The maximum absolute atomic E-state index is 4.24. The molecule has 0 spiro atoms. The zero-order chi connectivity index (χ0) is 10.1. The van der Waals surface area contributed by atoms with Crippen molar-refractivity contribution in [3.05, 3.63) is 42.0 Å². The van der Waals surface area contributed by atoms with Crippen molar-refractivity contribution in [1.29, 1.82) is 0 Å². The van der Waals surface area contributed by atoms with Crippen molar-refractivity contribution in [2.75, 3.05) is 11.9 Å². The molecule has 1 aliphatic heterocycles. The number of rotatable bonds is 1. The Hall–Kier alpha value is -1.84. The van der Waals surface area contributed by atoms with Gasteiger partial charge in [0.15, 0.2) is 0 Å². The normalized spacial score (nSPS) is 19.3. The van der Waals surface area contributed by atoms with Crippen molar-refractivity contribution in [1.82, 2.24) is 15.2 Å². The molecule has 0 saturated heterocycles. The Morgan fingerprint density at radius 2 is 2.20 bits per heavy atom. The molecule has 2 N–H and O–H groups in total. The van der Waals surface area contributed by atoms with E-state index < -0.39 is 0 Å². The van der Waals surface area contributed by atoms with Crippen LogP contribution in [0.15, 0.2) is 30.6 Å². The molecule has 76 valence electrons. The molecule has 0 bridgehead atoms. The molecular weight excluding hydrogens is 188 g/mol. The van der Waals surface area contributed by atoms with Crippen molar-refractivity contribution in [3.8, 4) is 0 Å². The summed E-state index contributed by atoms with van der Waals surface area (Å²) in [5, 5.41) is 10.3. The SMILES string of the molecule is c1ccc2c(c1)NCCC2c1ncn[nH]1. The molecule has 0 amide bonds. The number of H-pyrrole nitrogens is 1. The lowest BCUT2D eigenvalue weighted by Crippen LogP contribution is -2.18. The molecule has 3 rings (SSSR count). The second-order valence-corrected chi connectivity index (χ2v) is 3.73. The Morgan fingerprint density at radius 3 is 3.07 bits per heavy atom. The number of nitrogens with one attached hydrogen (secondary N) is 2. The number of aromatic amines is 1. The minimum absolute atomic E-state index is 0.352. The second-order valence-electron chi connectivity index (χ2n) is 3.73. The van der Waals surface area contributed by atoms with E-state index in [1.54, 1.807) is 6.33 Å². The zero-order valence-electron chi connectivity index (χ0n) is 8.27. The number of benzene rings is 1. The average molecular weight is 200 g/mol. The highest BCUT2D eigenvalue weighted by Gasteiger charge is 2.22. The maximum atomic E-state index is 4.24. The van der Waals surface area contributed by atoms with Crippen molar-refractivity contribution in [3.63, 3.8) is 0 Å². The lowest BCUT2D eigenvalue weighted by atomic mass is 9.90. The van der Waals surface area contributed by atoms with Crippen LogP contribution in [0, 0.1) is 0 Å². The Kier molecular flexibility index (Phi) is 1.91. The summed E-state index contributed by atoms with van der Waals surface area (Å²) in [7, 11) is 0. The van der Waals surface area contributed by atoms with E-state index in [9.17, 15) is 0 Å². The van der Waals surface area contributed by atoms with Crippen LogP contribution in [0.3, 0.4) is 0 Å². The van der Waals surface area contributed by atoms with Crippen LogP contribution in [-0.4, -0.2) is 21.7 Å². The molecule has 4 nitrogen and oxygen atoms in total. The van der Waals surface area contributed by atoms with Crippen molar-refractivity contribution in [2.24, 2.45) is 0 Å². The predicted octanol–water partition coefficient (Wildman–Crippen LogP) is 1.75. The average Bonchev–Trinajstić information content (AvgIpc) is 2.82. The molecule has 1 aromatic carbocycles. The van der Waals surface area contributed by atoms with E-state index in [-0.39, 0.29) is 0 Å². The van der Waals surface area contributed by atoms with Crippen molar-refractivity contribution >= 4 is 5.69 Å². The van der Waals surface area contributed by atoms with Gasteiger partial charge in [0, 0.05) is 18.2 Å². The summed E-state index contributed by atoms with van der Waals surface area (Å²) in [6.45, 7) is 0.988. The van der Waals surface area contributed by atoms with Gasteiger partial charge in [-0.15, -0.1) is 0 Å². The smallest absolute Gasteiger partial charge is 0.137 e. The fourth-order valence-electron chi connectivity index (χ4n) is 2.14. The molecule has 0 aliphatic carbocycles. The van der Waals surface area contributed by atoms with Crippen LogP contribution in [0.25, 0.3) is 0 Å². The van der Waals surface area contributed by atoms with Gasteiger partial charge in [0.2, 0.25) is 0 Å². The molecule has 0 saturated carbocycles. The van der Waals surface area contributed by atoms with Crippen molar-refractivity contribution in [2.45, 2.75) is 12.3 Å². The van der Waals surface area contributed by atoms with Gasteiger partial charge in [-0.2, -0.15) is 5.10 Å². The van der Waals surface area contributed by atoms with Crippen LogP contribution in [0.5, 0.6) is 0 Å². The number of aromatic nitrogens is 3. The van der Waals surface area contributed by atoms with Crippen LogP contribution in [0.2, 0.25) is 0 Å². The Balaban J connectivity index is 2.06. The third kappa shape index (κ3) is 1.38. The van der Waals surface area contributed by atoms with E-state index in [4.69, 9.17) is 0 Å². The molecule has 2 aromatic rings. The molecule has 15 heavy (non-hydrogen) atoms. The number of nitrogens with zero attached hydrogens (tertiary/aromatic N) is 2. The van der Waals surface area contributed by atoms with Crippen molar-refractivity contribution < 1.29 is 0 Å². The summed E-state index contributed by atoms with van der Waals surface area (Å²) < 4.78 is 0. The van der Waals surface area contributed by atoms with Crippen LogP contribution >= 0.6 is 0 Å². The molecule has 2 heterocycles. The first-order valence-corrected chi connectivity index (χ1v) is 5.13. The fraction of sp³-hybridized carbons (Fsp3) is 0.273. The van der Waals surface area contributed by atoms with Crippen LogP contribution in [-0.2, 0) is 0 Å². The number of hydrogen-bond acceptors (Lipinski definition) is 3. The van der Waals surface area contributed by atoms with Gasteiger partial charge in [-0.1, -0.05) is 18.2 Å². The summed E-state index contributed by atoms with van der Waals surface area (Å²) in [5.41, 5.74) is 2.52. The van der Waals surface area contributed by atoms with Gasteiger partial charge in [0.1, 0.15) is 12.2 Å². The van der Waals surface area contributed by atoms with E-state index in [0.29, 0.717) is 5.92 Å². The van der Waals surface area contributed by atoms with Crippen LogP contribution < -0.4 is 5.32 Å². The molecule has 0 radical (unpaired) electrons. The highest BCUT2D eigenvalue weighted by atomic mass is 15.2. The fourth-order valence-corrected chi connectivity index (χ4v) is 2.14. The lowest BCUT2D eigenvalue weighted by molar-refractivity contribution is 0.678. The Morgan fingerprint density at radius 1 is 1.27 bits per heavy atom. The number of fused-ring (bicyclic) bond motifs is 1. The third-order valence-corrected chi connectivity index (χ3v) is 2.85. The summed E-state index contributed by atoms with van der Waals surface area (Å²) in [6.07, 6.45) is 2.63. The lowest BCUT2D eigenvalue weighted by Gasteiger charge is -2.24. The van der Waals surface area contributed by atoms with Crippen LogP contribution in [0.4, 0.5) is 5.69 Å². The third-order valence-electron chi connectivity index (χ3n) is 2.85. The zero-order valence-corrected chi connectivity index (χ0v) is 8.27. The topological polar surface area (TPSA) is 53.6 Å². The Labute approximate surface area is 87.7 Å². The maximum Gasteiger partial charge on any atom is 0.137 e.